The van der Waals surface area contributed by atoms with E-state index in [1.807, 2.05) is 25.5 Å². The molecule has 102 valence electrons. The molecule has 2 heterocycles. The van der Waals surface area contributed by atoms with Crippen LogP contribution in [0.2, 0.25) is 0 Å². The molecule has 0 bridgehead atoms. The minimum absolute atomic E-state index is 0.267. The molecule has 2 aromatic heterocycles. The van der Waals surface area contributed by atoms with Gasteiger partial charge in [0.1, 0.15) is 0 Å². The molecule has 0 unspecified atom stereocenters. The van der Waals surface area contributed by atoms with Gasteiger partial charge in [-0.25, -0.2) is 5.84 Å². The highest BCUT2D eigenvalue weighted by molar-refractivity contribution is 7.09. The van der Waals surface area contributed by atoms with Crippen LogP contribution in [0, 0.1) is 0 Å². The third-order valence-corrected chi connectivity index (χ3v) is 3.23. The molecule has 0 spiro atoms. The zero-order valence-corrected chi connectivity index (χ0v) is 11.6. The number of hydrazine groups is 1. The Balaban J connectivity index is 2.00. The molecule has 8 heteroatoms. The van der Waals surface area contributed by atoms with E-state index in [4.69, 9.17) is 10.6 Å². The molecule has 0 aliphatic heterocycles. The van der Waals surface area contributed by atoms with Gasteiger partial charge in [-0.05, 0) is 11.4 Å². The van der Waals surface area contributed by atoms with Gasteiger partial charge in [0.2, 0.25) is 11.9 Å². The maximum absolute atomic E-state index is 5.53. The van der Waals surface area contributed by atoms with E-state index in [0.717, 1.165) is 6.42 Å². The van der Waals surface area contributed by atoms with Crippen LogP contribution in [-0.4, -0.2) is 35.7 Å². The van der Waals surface area contributed by atoms with Crippen molar-refractivity contribution < 1.29 is 4.74 Å². The van der Waals surface area contributed by atoms with Gasteiger partial charge >= 0.3 is 6.01 Å². The second-order valence-corrected chi connectivity index (χ2v) is 4.99. The largest absolute Gasteiger partial charge is 0.463 e. The molecule has 0 radical (unpaired) electrons. The Kier molecular flexibility index (Phi) is 4.48. The Morgan fingerprint density at radius 3 is 2.84 bits per heavy atom. The van der Waals surface area contributed by atoms with Crippen molar-refractivity contribution in [1.82, 2.24) is 15.0 Å². The summed E-state index contributed by atoms with van der Waals surface area (Å²) in [7, 11) is 3.68. The summed E-state index contributed by atoms with van der Waals surface area (Å²) in [4.78, 5) is 15.4. The van der Waals surface area contributed by atoms with Gasteiger partial charge in [-0.15, -0.1) is 11.3 Å². The van der Waals surface area contributed by atoms with E-state index < -0.39 is 0 Å². The van der Waals surface area contributed by atoms with Crippen molar-refractivity contribution in [2.75, 3.05) is 31.0 Å². The fourth-order valence-electron chi connectivity index (χ4n) is 1.37. The molecular weight excluding hydrogens is 264 g/mol. The smallest absolute Gasteiger partial charge is 0.323 e. The van der Waals surface area contributed by atoms with E-state index in [0.29, 0.717) is 12.6 Å². The number of nitrogens with two attached hydrogens (primary N) is 1. The number of thiophene rings is 1. The number of anilines is 2. The highest BCUT2D eigenvalue weighted by atomic mass is 32.1. The van der Waals surface area contributed by atoms with Gasteiger partial charge in [0.25, 0.3) is 0 Å². The van der Waals surface area contributed by atoms with Crippen molar-refractivity contribution in [2.45, 2.75) is 6.42 Å². The standard InChI is InChI=1S/C11H16N6OS/c1-17(2)10-13-9(16-12)14-11(15-10)18-6-5-8-4-3-7-19-8/h3-4,7H,5-6,12H2,1-2H3,(H,13,14,15,16). The minimum atomic E-state index is 0.267. The van der Waals surface area contributed by atoms with Crippen molar-refractivity contribution in [1.29, 1.82) is 0 Å². The second-order valence-electron chi connectivity index (χ2n) is 3.96. The molecule has 0 saturated heterocycles. The van der Waals surface area contributed by atoms with E-state index in [1.54, 1.807) is 16.2 Å². The number of aromatic nitrogens is 3. The summed E-state index contributed by atoms with van der Waals surface area (Å²) < 4.78 is 5.53. The fraction of sp³-hybridized carbons (Fsp3) is 0.364. The zero-order chi connectivity index (χ0) is 13.7. The molecule has 3 N–H and O–H groups in total. The third-order valence-electron chi connectivity index (χ3n) is 2.29. The maximum atomic E-state index is 5.53. The summed E-state index contributed by atoms with van der Waals surface area (Å²) in [6.45, 7) is 0.515. The van der Waals surface area contributed by atoms with Gasteiger partial charge in [0.15, 0.2) is 0 Å². The molecule has 2 rings (SSSR count). The van der Waals surface area contributed by atoms with E-state index in [2.05, 4.69) is 26.4 Å². The Hall–Kier alpha value is -1.93. The topological polar surface area (TPSA) is 89.2 Å². The van der Waals surface area contributed by atoms with Crippen molar-refractivity contribution in [3.8, 4) is 6.01 Å². The van der Waals surface area contributed by atoms with Crippen LogP contribution < -0.4 is 20.9 Å². The summed E-state index contributed by atoms with van der Waals surface area (Å²) in [6.07, 6.45) is 0.825. The molecule has 0 fully saturated rings. The van der Waals surface area contributed by atoms with Crippen LogP contribution in [0.1, 0.15) is 4.88 Å². The summed E-state index contributed by atoms with van der Waals surface area (Å²) in [5, 5.41) is 2.04. The lowest BCUT2D eigenvalue weighted by Gasteiger charge is -2.12. The average molecular weight is 280 g/mol. The molecule has 2 aromatic rings. The molecule has 0 aliphatic rings. The van der Waals surface area contributed by atoms with Gasteiger partial charge in [-0.2, -0.15) is 15.0 Å². The molecule has 19 heavy (non-hydrogen) atoms. The molecule has 0 aliphatic carbocycles. The number of rotatable bonds is 6. The van der Waals surface area contributed by atoms with Crippen LogP contribution in [0.25, 0.3) is 0 Å². The van der Waals surface area contributed by atoms with Gasteiger partial charge in [-0.3, -0.25) is 5.43 Å². The van der Waals surface area contributed by atoms with Crippen LogP contribution in [0.3, 0.4) is 0 Å². The highest BCUT2D eigenvalue weighted by Crippen LogP contribution is 2.13. The molecule has 0 amide bonds. The van der Waals surface area contributed by atoms with Crippen molar-refractivity contribution in [3.05, 3.63) is 22.4 Å². The number of hydrogen-bond acceptors (Lipinski definition) is 8. The molecular formula is C11H16N6OS. The monoisotopic (exact) mass is 280 g/mol. The van der Waals surface area contributed by atoms with E-state index in [1.165, 1.54) is 4.88 Å². The number of nitrogens with zero attached hydrogens (tertiary/aromatic N) is 4. The van der Waals surface area contributed by atoms with E-state index >= 15 is 0 Å². The lowest BCUT2D eigenvalue weighted by molar-refractivity contribution is 0.297. The molecule has 7 nitrogen and oxygen atoms in total. The zero-order valence-electron chi connectivity index (χ0n) is 10.8. The first-order chi connectivity index (χ1) is 9.19. The normalized spacial score (nSPS) is 10.3. The number of nitrogen functional groups attached to an aromatic ring is 1. The lowest BCUT2D eigenvalue weighted by atomic mass is 10.4. The van der Waals surface area contributed by atoms with Gasteiger partial charge < -0.3 is 9.64 Å². The number of nitrogens with one attached hydrogen (secondary N) is 1. The summed E-state index contributed by atoms with van der Waals surface area (Å²) in [5.74, 6) is 6.10. The quantitative estimate of drug-likeness (QED) is 0.600. The Bertz CT molecular complexity index is 516. The predicted molar refractivity (Wildman–Crippen MR) is 75.5 cm³/mol. The minimum Gasteiger partial charge on any atom is -0.463 e. The number of ether oxygens (including phenoxy) is 1. The lowest BCUT2D eigenvalue weighted by Crippen LogP contribution is -2.18. The van der Waals surface area contributed by atoms with E-state index in [-0.39, 0.29) is 12.0 Å². The Morgan fingerprint density at radius 2 is 2.21 bits per heavy atom. The SMILES string of the molecule is CN(C)c1nc(NN)nc(OCCc2cccs2)n1. The maximum Gasteiger partial charge on any atom is 0.323 e. The average Bonchev–Trinajstić information content (AvgIpc) is 2.91. The second kappa shape index (κ2) is 6.30. The fourth-order valence-corrected chi connectivity index (χ4v) is 2.06. The summed E-state index contributed by atoms with van der Waals surface area (Å²) in [5.41, 5.74) is 2.40. The van der Waals surface area contributed by atoms with Crippen molar-refractivity contribution in [2.24, 2.45) is 5.84 Å². The van der Waals surface area contributed by atoms with Gasteiger partial charge in [0.05, 0.1) is 6.61 Å². The molecule has 0 atom stereocenters. The van der Waals surface area contributed by atoms with E-state index in [9.17, 15) is 0 Å². The van der Waals surface area contributed by atoms with Crippen LogP contribution in [0.15, 0.2) is 17.5 Å². The van der Waals surface area contributed by atoms with Crippen molar-refractivity contribution >= 4 is 23.2 Å². The Labute approximate surface area is 115 Å². The first-order valence-corrected chi connectivity index (χ1v) is 6.62. The van der Waals surface area contributed by atoms with Crippen LogP contribution >= 0.6 is 11.3 Å². The predicted octanol–water partition coefficient (Wildman–Crippen LogP) is 0.906. The van der Waals surface area contributed by atoms with Gasteiger partial charge in [-0.1, -0.05) is 6.07 Å². The molecule has 0 aromatic carbocycles. The Morgan fingerprint density at radius 1 is 1.37 bits per heavy atom. The van der Waals surface area contributed by atoms with Crippen molar-refractivity contribution in [3.63, 3.8) is 0 Å². The number of hydrogen-bond donors (Lipinski definition) is 2. The first-order valence-electron chi connectivity index (χ1n) is 5.74. The highest BCUT2D eigenvalue weighted by Gasteiger charge is 2.08. The summed E-state index contributed by atoms with van der Waals surface area (Å²) in [6, 6.07) is 4.35. The first kappa shape index (κ1) is 13.5. The summed E-state index contributed by atoms with van der Waals surface area (Å²) >= 11 is 1.70. The third kappa shape index (κ3) is 3.76. The van der Waals surface area contributed by atoms with Crippen LogP contribution in [0.4, 0.5) is 11.9 Å². The molecule has 0 saturated carbocycles. The van der Waals surface area contributed by atoms with Crippen LogP contribution in [-0.2, 0) is 6.42 Å². The van der Waals surface area contributed by atoms with Crippen LogP contribution in [0.5, 0.6) is 6.01 Å². The van der Waals surface area contributed by atoms with Gasteiger partial charge in [0, 0.05) is 25.4 Å².